The number of thiazole rings is 1. The van der Waals surface area contributed by atoms with Gasteiger partial charge in [-0.05, 0) is 31.5 Å². The zero-order valence-electron chi connectivity index (χ0n) is 12.7. The third-order valence-corrected chi connectivity index (χ3v) is 3.99. The number of hydrogen-bond acceptors (Lipinski definition) is 4. The van der Waals surface area contributed by atoms with Gasteiger partial charge in [-0.2, -0.15) is 0 Å². The van der Waals surface area contributed by atoms with Crippen molar-refractivity contribution in [3.8, 4) is 0 Å². The first-order chi connectivity index (χ1) is 10.5. The molecule has 2 N–H and O–H groups in total. The van der Waals surface area contributed by atoms with Crippen LogP contribution in [0.3, 0.4) is 0 Å². The highest BCUT2D eigenvalue weighted by molar-refractivity contribution is 7.09. The number of anilines is 1. The van der Waals surface area contributed by atoms with E-state index in [1.165, 1.54) is 6.92 Å². The molecule has 0 radical (unpaired) electrons. The van der Waals surface area contributed by atoms with E-state index in [1.54, 1.807) is 35.6 Å². The molecule has 0 saturated heterocycles. The molecule has 2 rings (SSSR count). The zero-order valence-corrected chi connectivity index (χ0v) is 13.5. The lowest BCUT2D eigenvalue weighted by molar-refractivity contribution is -0.114. The topological polar surface area (TPSA) is 71.1 Å². The smallest absolute Gasteiger partial charge is 0.251 e. The van der Waals surface area contributed by atoms with Crippen LogP contribution in [0.5, 0.6) is 0 Å². The van der Waals surface area contributed by atoms with Crippen molar-refractivity contribution in [1.29, 1.82) is 0 Å². The van der Waals surface area contributed by atoms with Gasteiger partial charge in [0.15, 0.2) is 0 Å². The fraction of sp³-hybridized carbons (Fsp3) is 0.312. The van der Waals surface area contributed by atoms with E-state index in [0.29, 0.717) is 17.8 Å². The molecule has 0 aliphatic rings. The predicted molar refractivity (Wildman–Crippen MR) is 88.3 cm³/mol. The van der Waals surface area contributed by atoms with Crippen molar-refractivity contribution in [1.82, 2.24) is 10.3 Å². The largest absolute Gasteiger partial charge is 0.352 e. The molecule has 6 heteroatoms. The van der Waals surface area contributed by atoms with E-state index in [-0.39, 0.29) is 11.8 Å². The maximum atomic E-state index is 12.1. The van der Waals surface area contributed by atoms with E-state index in [2.05, 4.69) is 15.6 Å². The summed E-state index contributed by atoms with van der Waals surface area (Å²) in [5.74, 6) is -0.293. The average Bonchev–Trinajstić information content (AvgIpc) is 2.88. The molecule has 0 bridgehead atoms. The van der Waals surface area contributed by atoms with Gasteiger partial charge in [0, 0.05) is 42.2 Å². The molecule has 0 unspecified atom stereocenters. The van der Waals surface area contributed by atoms with E-state index in [9.17, 15) is 9.59 Å². The Balaban J connectivity index is 1.80. The third-order valence-electron chi connectivity index (χ3n) is 2.96. The number of carbonyl (C=O) groups excluding carboxylic acids is 2. The molecular formula is C16H19N3O2S. The second-order valence-corrected chi connectivity index (χ2v) is 5.95. The number of nitrogens with one attached hydrogen (secondary N) is 2. The fourth-order valence-corrected chi connectivity index (χ4v) is 2.82. The maximum absolute atomic E-state index is 12.1. The van der Waals surface area contributed by atoms with Gasteiger partial charge in [-0.3, -0.25) is 9.59 Å². The number of aromatic nitrogens is 1. The second kappa shape index (κ2) is 7.70. The first-order valence-electron chi connectivity index (χ1n) is 7.11. The minimum Gasteiger partial charge on any atom is -0.352 e. The van der Waals surface area contributed by atoms with Crippen LogP contribution in [0.2, 0.25) is 0 Å². The van der Waals surface area contributed by atoms with Crippen LogP contribution in [0.15, 0.2) is 29.6 Å². The number of hydrogen-bond donors (Lipinski definition) is 2. The minimum absolute atomic E-state index is 0.137. The molecule has 0 aliphatic carbocycles. The van der Waals surface area contributed by atoms with Gasteiger partial charge in [0.05, 0.1) is 5.01 Å². The van der Waals surface area contributed by atoms with Crippen molar-refractivity contribution in [3.05, 3.63) is 45.9 Å². The van der Waals surface area contributed by atoms with Crippen LogP contribution in [0.1, 0.15) is 34.4 Å². The second-order valence-electron chi connectivity index (χ2n) is 5.00. The van der Waals surface area contributed by atoms with Crippen LogP contribution < -0.4 is 10.6 Å². The normalized spacial score (nSPS) is 10.3. The molecule has 2 aromatic rings. The first kappa shape index (κ1) is 16.2. The highest BCUT2D eigenvalue weighted by atomic mass is 32.1. The van der Waals surface area contributed by atoms with Crippen LogP contribution in [-0.4, -0.2) is 23.3 Å². The van der Waals surface area contributed by atoms with Crippen LogP contribution in [0, 0.1) is 6.92 Å². The number of amides is 2. The number of nitrogens with zero attached hydrogens (tertiary/aromatic N) is 1. The average molecular weight is 317 g/mol. The number of aryl methyl sites for hydroxylation is 2. The Kier molecular flexibility index (Phi) is 5.66. The van der Waals surface area contributed by atoms with E-state index in [0.717, 1.165) is 23.5 Å². The lowest BCUT2D eigenvalue weighted by Crippen LogP contribution is -2.24. The van der Waals surface area contributed by atoms with E-state index < -0.39 is 0 Å². The Hall–Kier alpha value is -2.21. The Bertz CT molecular complexity index is 667. The fourth-order valence-electron chi connectivity index (χ4n) is 2.00. The first-order valence-corrected chi connectivity index (χ1v) is 7.99. The third kappa shape index (κ3) is 4.96. The standard InChI is InChI=1S/C16H19N3O2S/c1-11-10-22-15(18-11)7-4-8-17-16(21)13-5-3-6-14(9-13)19-12(2)20/h3,5-6,9-10H,4,7-8H2,1-2H3,(H,17,21)(H,19,20). The summed E-state index contributed by atoms with van der Waals surface area (Å²) in [6.45, 7) is 4.01. The van der Waals surface area contributed by atoms with Gasteiger partial charge in [0.1, 0.15) is 0 Å². The highest BCUT2D eigenvalue weighted by Gasteiger charge is 2.06. The van der Waals surface area contributed by atoms with Crippen molar-refractivity contribution < 1.29 is 9.59 Å². The molecule has 0 atom stereocenters. The van der Waals surface area contributed by atoms with Gasteiger partial charge < -0.3 is 10.6 Å². The molecule has 1 heterocycles. The van der Waals surface area contributed by atoms with Crippen molar-refractivity contribution in [2.75, 3.05) is 11.9 Å². The zero-order chi connectivity index (χ0) is 15.9. The molecule has 116 valence electrons. The monoisotopic (exact) mass is 317 g/mol. The van der Waals surface area contributed by atoms with Crippen LogP contribution in [0.4, 0.5) is 5.69 Å². The summed E-state index contributed by atoms with van der Waals surface area (Å²) in [7, 11) is 0. The summed E-state index contributed by atoms with van der Waals surface area (Å²) in [5, 5.41) is 8.67. The van der Waals surface area contributed by atoms with Crippen molar-refractivity contribution in [2.45, 2.75) is 26.7 Å². The summed E-state index contributed by atoms with van der Waals surface area (Å²) >= 11 is 1.65. The number of carbonyl (C=O) groups is 2. The minimum atomic E-state index is -0.156. The lowest BCUT2D eigenvalue weighted by Gasteiger charge is -2.07. The number of benzene rings is 1. The quantitative estimate of drug-likeness (QED) is 0.805. The van der Waals surface area contributed by atoms with Crippen molar-refractivity contribution in [3.63, 3.8) is 0 Å². The summed E-state index contributed by atoms with van der Waals surface area (Å²) in [5.41, 5.74) is 2.20. The predicted octanol–water partition coefficient (Wildman–Crippen LogP) is 2.77. The molecule has 0 spiro atoms. The molecular weight excluding hydrogens is 298 g/mol. The Labute approximate surface area is 133 Å². The van der Waals surface area contributed by atoms with Crippen molar-refractivity contribution >= 4 is 28.8 Å². The molecule has 1 aromatic carbocycles. The van der Waals surface area contributed by atoms with Crippen LogP contribution in [0.25, 0.3) is 0 Å². The Morgan fingerprint density at radius 3 is 2.82 bits per heavy atom. The molecule has 0 fully saturated rings. The van der Waals surface area contributed by atoms with Gasteiger partial charge in [0.2, 0.25) is 5.91 Å². The molecule has 0 aliphatic heterocycles. The van der Waals surface area contributed by atoms with Gasteiger partial charge in [-0.15, -0.1) is 11.3 Å². The summed E-state index contributed by atoms with van der Waals surface area (Å²) in [4.78, 5) is 27.5. The summed E-state index contributed by atoms with van der Waals surface area (Å²) in [6.07, 6.45) is 1.72. The van der Waals surface area contributed by atoms with Gasteiger partial charge >= 0.3 is 0 Å². The van der Waals surface area contributed by atoms with E-state index >= 15 is 0 Å². The Morgan fingerprint density at radius 2 is 2.14 bits per heavy atom. The molecule has 5 nitrogen and oxygen atoms in total. The summed E-state index contributed by atoms with van der Waals surface area (Å²) < 4.78 is 0. The van der Waals surface area contributed by atoms with Crippen LogP contribution in [-0.2, 0) is 11.2 Å². The van der Waals surface area contributed by atoms with E-state index in [4.69, 9.17) is 0 Å². The van der Waals surface area contributed by atoms with Gasteiger partial charge in [-0.1, -0.05) is 6.07 Å². The molecule has 2 amide bonds. The maximum Gasteiger partial charge on any atom is 0.251 e. The lowest BCUT2D eigenvalue weighted by atomic mass is 10.2. The van der Waals surface area contributed by atoms with Gasteiger partial charge in [0.25, 0.3) is 5.91 Å². The van der Waals surface area contributed by atoms with Crippen molar-refractivity contribution in [2.24, 2.45) is 0 Å². The van der Waals surface area contributed by atoms with Gasteiger partial charge in [-0.25, -0.2) is 4.98 Å². The molecule has 1 aromatic heterocycles. The SMILES string of the molecule is CC(=O)Nc1cccc(C(=O)NCCCc2nc(C)cs2)c1. The van der Waals surface area contributed by atoms with Crippen LogP contribution >= 0.6 is 11.3 Å². The van der Waals surface area contributed by atoms with E-state index in [1.807, 2.05) is 12.3 Å². The molecule has 22 heavy (non-hydrogen) atoms. The Morgan fingerprint density at radius 1 is 1.32 bits per heavy atom. The molecule has 0 saturated carbocycles. The number of rotatable bonds is 6. The summed E-state index contributed by atoms with van der Waals surface area (Å²) in [6, 6.07) is 6.90. The highest BCUT2D eigenvalue weighted by Crippen LogP contribution is 2.12.